The fraction of sp³-hybridized carbons (Fsp3) is 0. The van der Waals surface area contributed by atoms with Gasteiger partial charge in [-0.15, -0.1) is 11.3 Å². The molecule has 2 aromatic rings. The number of rotatable bonds is 0. The Labute approximate surface area is 76.1 Å². The van der Waals surface area contributed by atoms with Crippen molar-refractivity contribution in [2.45, 2.75) is 0 Å². The van der Waals surface area contributed by atoms with Gasteiger partial charge >= 0.3 is 18.9 Å². The summed E-state index contributed by atoms with van der Waals surface area (Å²) < 4.78 is 1.37. The van der Waals surface area contributed by atoms with Crippen LogP contribution in [0.2, 0.25) is 0 Å². The van der Waals surface area contributed by atoms with Gasteiger partial charge in [0.1, 0.15) is 0 Å². The number of hydrogen-bond acceptors (Lipinski definition) is 1. The van der Waals surface area contributed by atoms with Crippen LogP contribution in [0.1, 0.15) is 0 Å². The molecule has 0 aliphatic rings. The minimum absolute atomic E-state index is 0. The first-order valence-corrected chi connectivity index (χ1v) is 3.77. The van der Waals surface area contributed by atoms with Crippen LogP contribution in [-0.4, -0.2) is 18.9 Å². The second-order valence-electron chi connectivity index (χ2n) is 1.96. The van der Waals surface area contributed by atoms with Crippen molar-refractivity contribution in [3.8, 4) is 0 Å². The Balaban J connectivity index is 0.000000500. The fourth-order valence-corrected chi connectivity index (χ4v) is 1.70. The molecule has 0 aliphatic heterocycles. The van der Waals surface area contributed by atoms with Gasteiger partial charge in [-0.1, -0.05) is 18.2 Å². The first-order valence-electron chi connectivity index (χ1n) is 2.89. The number of thiophene rings is 1. The Morgan fingerprint density at radius 2 is 1.80 bits per heavy atom. The van der Waals surface area contributed by atoms with Crippen molar-refractivity contribution >= 4 is 40.3 Å². The Hall–Kier alpha value is -0.223. The van der Waals surface area contributed by atoms with Gasteiger partial charge in [-0.2, -0.15) is 0 Å². The smallest absolute Gasteiger partial charge is 0.0342 e. The van der Waals surface area contributed by atoms with Gasteiger partial charge < -0.3 is 0 Å². The zero-order valence-corrected chi connectivity index (χ0v) is 5.69. The van der Waals surface area contributed by atoms with Gasteiger partial charge in [0.05, 0.1) is 0 Å². The summed E-state index contributed by atoms with van der Waals surface area (Å²) in [4.78, 5) is 0. The van der Waals surface area contributed by atoms with Crippen molar-refractivity contribution in [2.75, 3.05) is 0 Å². The third kappa shape index (κ3) is 1.27. The first kappa shape index (κ1) is 7.88. The van der Waals surface area contributed by atoms with E-state index < -0.39 is 0 Å². The molecule has 2 rings (SSSR count). The Bertz CT molecular complexity index is 283. The van der Waals surface area contributed by atoms with E-state index in [1.165, 1.54) is 10.1 Å². The van der Waals surface area contributed by atoms with Gasteiger partial charge in [0.15, 0.2) is 0 Å². The minimum Gasteiger partial charge on any atom is -0.144 e. The van der Waals surface area contributed by atoms with Crippen molar-refractivity contribution in [1.82, 2.24) is 0 Å². The SMILES string of the molecule is [LiH].c1ccc2sccc2c1. The van der Waals surface area contributed by atoms with E-state index in [1.54, 1.807) is 11.3 Å². The van der Waals surface area contributed by atoms with E-state index in [0.29, 0.717) is 0 Å². The predicted octanol–water partition coefficient (Wildman–Crippen LogP) is 2.25. The van der Waals surface area contributed by atoms with Crippen molar-refractivity contribution < 1.29 is 0 Å². The molecule has 10 heavy (non-hydrogen) atoms. The molecule has 0 fully saturated rings. The standard InChI is InChI=1S/C8H6S.Li.H/c1-2-4-8-7(3-1)5-6-9-8;;/h1-6H;;. The molecule has 0 saturated heterocycles. The molecule has 46 valence electrons. The first-order chi connectivity index (χ1) is 4.47. The van der Waals surface area contributed by atoms with E-state index in [2.05, 4.69) is 35.7 Å². The van der Waals surface area contributed by atoms with E-state index in [-0.39, 0.29) is 18.9 Å². The average Bonchev–Trinajstić information content (AvgIpc) is 2.33. The van der Waals surface area contributed by atoms with E-state index >= 15 is 0 Å². The molecule has 0 saturated carbocycles. The van der Waals surface area contributed by atoms with Crippen molar-refractivity contribution in [3.63, 3.8) is 0 Å². The van der Waals surface area contributed by atoms with Crippen LogP contribution in [0.3, 0.4) is 0 Å². The van der Waals surface area contributed by atoms with E-state index in [9.17, 15) is 0 Å². The van der Waals surface area contributed by atoms with Crippen LogP contribution >= 0.6 is 11.3 Å². The minimum atomic E-state index is 0. The van der Waals surface area contributed by atoms with Crippen molar-refractivity contribution in [3.05, 3.63) is 35.7 Å². The van der Waals surface area contributed by atoms with Gasteiger partial charge in [0.2, 0.25) is 0 Å². The molecular formula is C8H7LiS. The average molecular weight is 142 g/mol. The zero-order chi connectivity index (χ0) is 6.10. The van der Waals surface area contributed by atoms with Gasteiger partial charge in [0.25, 0.3) is 0 Å². The summed E-state index contributed by atoms with van der Waals surface area (Å²) in [6, 6.07) is 10.5. The van der Waals surface area contributed by atoms with E-state index in [0.717, 1.165) is 0 Å². The molecule has 1 heterocycles. The fourth-order valence-electron chi connectivity index (χ4n) is 0.906. The van der Waals surface area contributed by atoms with Gasteiger partial charge in [-0.3, -0.25) is 0 Å². The summed E-state index contributed by atoms with van der Waals surface area (Å²) in [5.74, 6) is 0. The maximum Gasteiger partial charge on any atom is 0.0342 e. The van der Waals surface area contributed by atoms with Gasteiger partial charge in [0, 0.05) is 4.70 Å². The topological polar surface area (TPSA) is 0 Å². The molecule has 1 aromatic heterocycles. The molecule has 0 unspecified atom stereocenters. The van der Waals surface area contributed by atoms with Gasteiger partial charge in [-0.25, -0.2) is 0 Å². The Morgan fingerprint density at radius 1 is 1.00 bits per heavy atom. The largest absolute Gasteiger partial charge is 0.144 e. The second kappa shape index (κ2) is 3.25. The van der Waals surface area contributed by atoms with E-state index in [1.807, 2.05) is 0 Å². The van der Waals surface area contributed by atoms with E-state index in [4.69, 9.17) is 0 Å². The molecule has 0 nitrogen and oxygen atoms in total. The zero-order valence-electron chi connectivity index (χ0n) is 4.87. The third-order valence-corrected chi connectivity index (χ3v) is 2.26. The molecule has 0 spiro atoms. The molecule has 0 radical (unpaired) electrons. The summed E-state index contributed by atoms with van der Waals surface area (Å²) in [5.41, 5.74) is 0. The van der Waals surface area contributed by atoms with Crippen LogP contribution < -0.4 is 0 Å². The summed E-state index contributed by atoms with van der Waals surface area (Å²) in [5, 5.41) is 3.47. The number of fused-ring (bicyclic) bond motifs is 1. The molecule has 0 bridgehead atoms. The maximum atomic E-state index is 2.14. The van der Waals surface area contributed by atoms with Crippen LogP contribution in [0, 0.1) is 0 Å². The normalized spacial score (nSPS) is 9.20. The van der Waals surface area contributed by atoms with Crippen molar-refractivity contribution in [2.24, 2.45) is 0 Å². The summed E-state index contributed by atoms with van der Waals surface area (Å²) in [6.45, 7) is 0. The molecule has 1 aromatic carbocycles. The molecule has 2 heteroatoms. The number of benzene rings is 1. The monoisotopic (exact) mass is 142 g/mol. The summed E-state index contributed by atoms with van der Waals surface area (Å²) in [6.07, 6.45) is 0. The van der Waals surface area contributed by atoms with Crippen LogP contribution in [0.15, 0.2) is 35.7 Å². The molecule has 0 aliphatic carbocycles. The van der Waals surface area contributed by atoms with Crippen LogP contribution in [0.25, 0.3) is 10.1 Å². The van der Waals surface area contributed by atoms with Crippen molar-refractivity contribution in [1.29, 1.82) is 0 Å². The summed E-state index contributed by atoms with van der Waals surface area (Å²) >= 11 is 1.79. The van der Waals surface area contributed by atoms with Crippen LogP contribution in [0.4, 0.5) is 0 Å². The maximum absolute atomic E-state index is 2.14. The summed E-state index contributed by atoms with van der Waals surface area (Å²) in [7, 11) is 0. The second-order valence-corrected chi connectivity index (χ2v) is 2.91. The van der Waals surface area contributed by atoms with Gasteiger partial charge in [-0.05, 0) is 22.9 Å². The van der Waals surface area contributed by atoms with Crippen LogP contribution in [-0.2, 0) is 0 Å². The number of hydrogen-bond donors (Lipinski definition) is 0. The predicted molar refractivity (Wildman–Crippen MR) is 49.0 cm³/mol. The molecule has 0 amide bonds. The Kier molecular flexibility index (Phi) is 2.56. The quantitative estimate of drug-likeness (QED) is 0.495. The molecule has 0 N–H and O–H groups in total. The Morgan fingerprint density at radius 3 is 2.60 bits per heavy atom. The third-order valence-electron chi connectivity index (χ3n) is 1.36. The van der Waals surface area contributed by atoms with Crippen LogP contribution in [0.5, 0.6) is 0 Å². The molecular weight excluding hydrogens is 135 g/mol. The molecule has 0 atom stereocenters.